The standard InChI is InChI=1S/C13H26O5/c1-4-17-12(15)13(2,3)18-11-7-10-16-9-6-5-8-14/h14H,4-11H2,1-3H3. The van der Waals surface area contributed by atoms with Gasteiger partial charge in [0, 0.05) is 19.8 Å². The Labute approximate surface area is 109 Å². The predicted octanol–water partition coefficient (Wildman–Crippen LogP) is 1.52. The highest BCUT2D eigenvalue weighted by atomic mass is 16.6. The topological polar surface area (TPSA) is 65.0 Å². The predicted molar refractivity (Wildman–Crippen MR) is 68.4 cm³/mol. The number of carbonyl (C=O) groups is 1. The SMILES string of the molecule is CCOC(=O)C(C)(C)OCCCOCCCCO. The third-order valence-corrected chi connectivity index (χ3v) is 2.36. The Hall–Kier alpha value is -0.650. The minimum atomic E-state index is -0.896. The molecule has 5 heteroatoms. The molecule has 0 amide bonds. The molecule has 108 valence electrons. The highest BCUT2D eigenvalue weighted by Crippen LogP contribution is 2.12. The zero-order chi connectivity index (χ0) is 13.9. The Bertz CT molecular complexity index is 215. The summed E-state index contributed by atoms with van der Waals surface area (Å²) in [4.78, 5) is 11.5. The zero-order valence-corrected chi connectivity index (χ0v) is 11.7. The second kappa shape index (κ2) is 10.3. The maximum Gasteiger partial charge on any atom is 0.337 e. The van der Waals surface area contributed by atoms with Gasteiger partial charge < -0.3 is 19.3 Å². The van der Waals surface area contributed by atoms with E-state index in [2.05, 4.69) is 0 Å². The number of aliphatic hydroxyl groups is 1. The second-order valence-corrected chi connectivity index (χ2v) is 4.48. The second-order valence-electron chi connectivity index (χ2n) is 4.48. The van der Waals surface area contributed by atoms with Crippen LogP contribution in [0.3, 0.4) is 0 Å². The van der Waals surface area contributed by atoms with Crippen molar-refractivity contribution in [1.29, 1.82) is 0 Å². The van der Waals surface area contributed by atoms with Gasteiger partial charge in [-0.05, 0) is 40.0 Å². The van der Waals surface area contributed by atoms with Crippen LogP contribution in [-0.4, -0.2) is 49.7 Å². The first kappa shape index (κ1) is 17.4. The Kier molecular flexibility index (Phi) is 9.92. The number of rotatable bonds is 11. The molecule has 0 rings (SSSR count). The van der Waals surface area contributed by atoms with Crippen LogP contribution in [-0.2, 0) is 19.0 Å². The van der Waals surface area contributed by atoms with Crippen molar-refractivity contribution in [3.63, 3.8) is 0 Å². The van der Waals surface area contributed by atoms with Crippen molar-refractivity contribution in [3.05, 3.63) is 0 Å². The number of carbonyl (C=O) groups excluding carboxylic acids is 1. The lowest BCUT2D eigenvalue weighted by Crippen LogP contribution is -2.37. The van der Waals surface area contributed by atoms with Crippen LogP contribution >= 0.6 is 0 Å². The highest BCUT2D eigenvalue weighted by Gasteiger charge is 2.29. The number of unbranched alkanes of at least 4 members (excludes halogenated alkanes) is 1. The number of hydrogen-bond donors (Lipinski definition) is 1. The zero-order valence-electron chi connectivity index (χ0n) is 11.7. The molecule has 0 aliphatic carbocycles. The summed E-state index contributed by atoms with van der Waals surface area (Å²) in [5, 5.41) is 8.57. The Morgan fingerprint density at radius 3 is 2.39 bits per heavy atom. The van der Waals surface area contributed by atoms with Crippen LogP contribution in [0.25, 0.3) is 0 Å². The van der Waals surface area contributed by atoms with E-state index in [4.69, 9.17) is 19.3 Å². The van der Waals surface area contributed by atoms with Gasteiger partial charge >= 0.3 is 5.97 Å². The van der Waals surface area contributed by atoms with Gasteiger partial charge in [0.05, 0.1) is 13.2 Å². The van der Waals surface area contributed by atoms with Crippen LogP contribution in [0.2, 0.25) is 0 Å². The summed E-state index contributed by atoms with van der Waals surface area (Å²) in [6.07, 6.45) is 2.38. The van der Waals surface area contributed by atoms with E-state index in [0.717, 1.165) is 19.3 Å². The lowest BCUT2D eigenvalue weighted by molar-refractivity contribution is -0.168. The molecule has 0 bridgehead atoms. The monoisotopic (exact) mass is 262 g/mol. The molecule has 0 fully saturated rings. The smallest absolute Gasteiger partial charge is 0.337 e. The molecular formula is C13H26O5. The van der Waals surface area contributed by atoms with Crippen molar-refractivity contribution in [2.75, 3.05) is 33.0 Å². The van der Waals surface area contributed by atoms with Crippen molar-refractivity contribution in [3.8, 4) is 0 Å². The summed E-state index contributed by atoms with van der Waals surface area (Å²) in [7, 11) is 0. The minimum absolute atomic E-state index is 0.209. The third kappa shape index (κ3) is 8.44. The first-order chi connectivity index (χ1) is 8.54. The fourth-order valence-corrected chi connectivity index (χ4v) is 1.27. The maximum absolute atomic E-state index is 11.5. The summed E-state index contributed by atoms with van der Waals surface area (Å²) in [5.74, 6) is -0.339. The lowest BCUT2D eigenvalue weighted by atomic mass is 10.1. The van der Waals surface area contributed by atoms with Crippen LogP contribution in [0.5, 0.6) is 0 Å². The highest BCUT2D eigenvalue weighted by molar-refractivity contribution is 5.78. The number of ether oxygens (including phenoxy) is 3. The molecule has 0 saturated heterocycles. The van der Waals surface area contributed by atoms with Crippen LogP contribution in [0.4, 0.5) is 0 Å². The van der Waals surface area contributed by atoms with Gasteiger partial charge in [0.25, 0.3) is 0 Å². The van der Waals surface area contributed by atoms with Gasteiger partial charge in [-0.1, -0.05) is 0 Å². The van der Waals surface area contributed by atoms with E-state index in [0.29, 0.717) is 26.4 Å². The normalized spacial score (nSPS) is 11.6. The largest absolute Gasteiger partial charge is 0.464 e. The van der Waals surface area contributed by atoms with E-state index < -0.39 is 5.60 Å². The van der Waals surface area contributed by atoms with Crippen molar-refractivity contribution >= 4 is 5.97 Å². The average Bonchev–Trinajstić information content (AvgIpc) is 2.33. The molecule has 18 heavy (non-hydrogen) atoms. The Morgan fingerprint density at radius 2 is 1.78 bits per heavy atom. The molecule has 0 heterocycles. The van der Waals surface area contributed by atoms with Gasteiger partial charge in [0.2, 0.25) is 0 Å². The van der Waals surface area contributed by atoms with Crippen molar-refractivity contribution in [2.45, 2.75) is 45.6 Å². The first-order valence-corrected chi connectivity index (χ1v) is 6.54. The Balaban J connectivity index is 3.49. The molecular weight excluding hydrogens is 236 g/mol. The first-order valence-electron chi connectivity index (χ1n) is 6.54. The quantitative estimate of drug-likeness (QED) is 0.452. The fourth-order valence-electron chi connectivity index (χ4n) is 1.27. The number of esters is 1. The fraction of sp³-hybridized carbons (Fsp3) is 0.923. The molecule has 5 nitrogen and oxygen atoms in total. The van der Waals surface area contributed by atoms with E-state index in [1.807, 2.05) is 0 Å². The molecule has 0 spiro atoms. The van der Waals surface area contributed by atoms with Crippen molar-refractivity contribution < 1.29 is 24.1 Å². The minimum Gasteiger partial charge on any atom is -0.464 e. The maximum atomic E-state index is 11.5. The van der Waals surface area contributed by atoms with E-state index >= 15 is 0 Å². The summed E-state index contributed by atoms with van der Waals surface area (Å²) in [5.41, 5.74) is -0.896. The van der Waals surface area contributed by atoms with Gasteiger partial charge in [-0.3, -0.25) is 0 Å². The van der Waals surface area contributed by atoms with Crippen LogP contribution in [0.15, 0.2) is 0 Å². The van der Waals surface area contributed by atoms with Crippen molar-refractivity contribution in [2.24, 2.45) is 0 Å². The van der Waals surface area contributed by atoms with E-state index in [-0.39, 0.29) is 12.6 Å². The van der Waals surface area contributed by atoms with E-state index in [9.17, 15) is 4.79 Å². The number of aliphatic hydroxyl groups excluding tert-OH is 1. The van der Waals surface area contributed by atoms with E-state index in [1.54, 1.807) is 20.8 Å². The molecule has 0 aliphatic heterocycles. The molecule has 0 saturated carbocycles. The molecule has 1 N–H and O–H groups in total. The molecule has 0 aromatic carbocycles. The summed E-state index contributed by atoms with van der Waals surface area (Å²) < 4.78 is 15.7. The molecule has 0 unspecified atom stereocenters. The van der Waals surface area contributed by atoms with E-state index in [1.165, 1.54) is 0 Å². The van der Waals surface area contributed by atoms with Crippen LogP contribution in [0, 0.1) is 0 Å². The average molecular weight is 262 g/mol. The molecule has 0 atom stereocenters. The van der Waals surface area contributed by atoms with Crippen LogP contribution in [0.1, 0.15) is 40.0 Å². The third-order valence-electron chi connectivity index (χ3n) is 2.36. The van der Waals surface area contributed by atoms with Crippen LogP contribution < -0.4 is 0 Å². The summed E-state index contributed by atoms with van der Waals surface area (Å²) >= 11 is 0. The molecule has 0 aromatic rings. The van der Waals surface area contributed by atoms with Gasteiger partial charge in [-0.15, -0.1) is 0 Å². The lowest BCUT2D eigenvalue weighted by Gasteiger charge is -2.22. The summed E-state index contributed by atoms with van der Waals surface area (Å²) in [6, 6.07) is 0. The van der Waals surface area contributed by atoms with Crippen molar-refractivity contribution in [1.82, 2.24) is 0 Å². The summed E-state index contributed by atoms with van der Waals surface area (Å²) in [6.45, 7) is 7.46. The number of hydrogen-bond acceptors (Lipinski definition) is 5. The van der Waals surface area contributed by atoms with Gasteiger partial charge in [0.1, 0.15) is 0 Å². The van der Waals surface area contributed by atoms with Gasteiger partial charge in [-0.25, -0.2) is 4.79 Å². The van der Waals surface area contributed by atoms with Gasteiger partial charge in [0.15, 0.2) is 5.60 Å². The Morgan fingerprint density at radius 1 is 1.11 bits per heavy atom. The molecule has 0 radical (unpaired) electrons. The molecule has 0 aromatic heterocycles. The molecule has 0 aliphatic rings. The van der Waals surface area contributed by atoms with Gasteiger partial charge in [-0.2, -0.15) is 0 Å².